The molecule has 1 aliphatic rings. The topological polar surface area (TPSA) is 58.2 Å². The minimum absolute atomic E-state index is 0.00820. The van der Waals surface area contributed by atoms with Crippen LogP contribution in [0.25, 0.3) is 0 Å². The molecule has 2 heterocycles. The maximum Gasteiger partial charge on any atom is 0.272 e. The zero-order valence-electron chi connectivity index (χ0n) is 12.6. The fourth-order valence-corrected chi connectivity index (χ4v) is 2.80. The second kappa shape index (κ2) is 7.22. The Kier molecular flexibility index (Phi) is 4.85. The highest BCUT2D eigenvalue weighted by Gasteiger charge is 2.25. The number of amides is 1. The third-order valence-corrected chi connectivity index (χ3v) is 3.99. The minimum atomic E-state index is 0.00820. The number of ether oxygens (including phenoxy) is 1. The molecule has 0 spiro atoms. The number of aromatic amines is 1. The fourth-order valence-electron chi connectivity index (χ4n) is 2.80. The molecule has 5 nitrogen and oxygen atoms in total. The molecule has 116 valence electrons. The second-order valence-electron chi connectivity index (χ2n) is 5.59. The normalized spacial score (nSPS) is 18.4. The van der Waals surface area contributed by atoms with Gasteiger partial charge in [0.25, 0.3) is 5.91 Å². The molecular formula is C17H21N3O2. The van der Waals surface area contributed by atoms with Crippen LogP contribution >= 0.6 is 0 Å². The molecule has 0 aliphatic carbocycles. The van der Waals surface area contributed by atoms with Crippen molar-refractivity contribution in [3.05, 3.63) is 54.1 Å². The van der Waals surface area contributed by atoms with E-state index in [9.17, 15) is 4.79 Å². The molecule has 1 aliphatic heterocycles. The lowest BCUT2D eigenvalue weighted by atomic mass is 10.1. The van der Waals surface area contributed by atoms with Crippen molar-refractivity contribution in [2.45, 2.75) is 25.4 Å². The minimum Gasteiger partial charge on any atom is -0.375 e. The highest BCUT2D eigenvalue weighted by molar-refractivity contribution is 5.92. The van der Waals surface area contributed by atoms with E-state index in [1.54, 1.807) is 6.20 Å². The Bertz CT molecular complexity index is 583. The van der Waals surface area contributed by atoms with Crippen molar-refractivity contribution < 1.29 is 9.53 Å². The molecule has 1 unspecified atom stereocenters. The molecule has 0 saturated carbocycles. The summed E-state index contributed by atoms with van der Waals surface area (Å²) in [5.74, 6) is 0.00820. The second-order valence-corrected chi connectivity index (χ2v) is 5.59. The Labute approximate surface area is 130 Å². The van der Waals surface area contributed by atoms with Gasteiger partial charge < -0.3 is 14.6 Å². The van der Waals surface area contributed by atoms with E-state index in [-0.39, 0.29) is 12.0 Å². The van der Waals surface area contributed by atoms with Gasteiger partial charge in [0.15, 0.2) is 0 Å². The number of hydrogen-bond donors (Lipinski definition) is 1. The fraction of sp³-hybridized carbons (Fsp3) is 0.412. The van der Waals surface area contributed by atoms with Crippen LogP contribution in [0.15, 0.2) is 42.9 Å². The highest BCUT2D eigenvalue weighted by Crippen LogP contribution is 2.14. The largest absolute Gasteiger partial charge is 0.375 e. The summed E-state index contributed by atoms with van der Waals surface area (Å²) in [5, 5.41) is 0. The number of morpholine rings is 1. The van der Waals surface area contributed by atoms with E-state index in [4.69, 9.17) is 4.74 Å². The van der Waals surface area contributed by atoms with Gasteiger partial charge >= 0.3 is 0 Å². The maximum atomic E-state index is 12.3. The van der Waals surface area contributed by atoms with E-state index in [1.807, 2.05) is 11.0 Å². The highest BCUT2D eigenvalue weighted by atomic mass is 16.5. The molecule has 1 atom stereocenters. The van der Waals surface area contributed by atoms with Gasteiger partial charge in [-0.3, -0.25) is 4.79 Å². The van der Waals surface area contributed by atoms with Gasteiger partial charge in [-0.1, -0.05) is 30.3 Å². The first-order valence-corrected chi connectivity index (χ1v) is 7.76. The standard InChI is InChI=1S/C17H21N3O2/c21-17(16-11-18-13-19-16)20-9-10-22-15(12-20)8-4-7-14-5-2-1-3-6-14/h1-3,5-6,11,13,15H,4,7-10,12H2,(H,18,19). The molecule has 1 N–H and O–H groups in total. The number of aryl methyl sites for hydroxylation is 1. The number of benzene rings is 1. The lowest BCUT2D eigenvalue weighted by Crippen LogP contribution is -2.45. The molecule has 1 aromatic heterocycles. The third kappa shape index (κ3) is 3.74. The SMILES string of the molecule is O=C(c1cnc[nH]1)N1CCOC(CCCc2ccccc2)C1. The first kappa shape index (κ1) is 14.8. The van der Waals surface area contributed by atoms with Gasteiger partial charge in [0.05, 0.1) is 25.2 Å². The van der Waals surface area contributed by atoms with Crippen LogP contribution in [0.5, 0.6) is 0 Å². The van der Waals surface area contributed by atoms with Gasteiger partial charge in [-0.15, -0.1) is 0 Å². The van der Waals surface area contributed by atoms with Crippen LogP contribution in [-0.2, 0) is 11.2 Å². The number of rotatable bonds is 5. The molecule has 0 radical (unpaired) electrons. The van der Waals surface area contributed by atoms with Crippen LogP contribution in [0.1, 0.15) is 28.9 Å². The van der Waals surface area contributed by atoms with Crippen molar-refractivity contribution in [2.24, 2.45) is 0 Å². The molecule has 1 aromatic carbocycles. The van der Waals surface area contributed by atoms with E-state index in [2.05, 4.69) is 34.2 Å². The van der Waals surface area contributed by atoms with Crippen molar-refractivity contribution in [1.82, 2.24) is 14.9 Å². The van der Waals surface area contributed by atoms with Crippen LogP contribution in [0.3, 0.4) is 0 Å². The summed E-state index contributed by atoms with van der Waals surface area (Å²) in [4.78, 5) is 20.9. The van der Waals surface area contributed by atoms with Crippen LogP contribution in [0, 0.1) is 0 Å². The van der Waals surface area contributed by atoms with Gasteiger partial charge in [-0.2, -0.15) is 0 Å². The first-order valence-electron chi connectivity index (χ1n) is 7.76. The molecular weight excluding hydrogens is 278 g/mol. The van der Waals surface area contributed by atoms with Gasteiger partial charge in [-0.25, -0.2) is 4.98 Å². The molecule has 22 heavy (non-hydrogen) atoms. The smallest absolute Gasteiger partial charge is 0.272 e. The van der Waals surface area contributed by atoms with Gasteiger partial charge in [0, 0.05) is 13.1 Å². The van der Waals surface area contributed by atoms with Crippen LogP contribution in [0.2, 0.25) is 0 Å². The third-order valence-electron chi connectivity index (χ3n) is 3.99. The molecule has 1 amide bonds. The average Bonchev–Trinajstić information content (AvgIpc) is 3.10. The number of carbonyl (C=O) groups excluding carboxylic acids is 1. The zero-order chi connectivity index (χ0) is 15.2. The number of hydrogen-bond acceptors (Lipinski definition) is 3. The average molecular weight is 299 g/mol. The lowest BCUT2D eigenvalue weighted by Gasteiger charge is -2.32. The monoisotopic (exact) mass is 299 g/mol. The van der Waals surface area contributed by atoms with E-state index in [1.165, 1.54) is 11.9 Å². The maximum absolute atomic E-state index is 12.3. The van der Waals surface area contributed by atoms with Crippen LogP contribution < -0.4 is 0 Å². The summed E-state index contributed by atoms with van der Waals surface area (Å²) in [6.07, 6.45) is 6.33. The molecule has 5 heteroatoms. The van der Waals surface area contributed by atoms with Gasteiger partial charge in [0.1, 0.15) is 5.69 Å². The molecule has 0 bridgehead atoms. The summed E-state index contributed by atoms with van der Waals surface area (Å²) in [7, 11) is 0. The molecule has 2 aromatic rings. The van der Waals surface area contributed by atoms with Crippen molar-refractivity contribution in [1.29, 1.82) is 0 Å². The quantitative estimate of drug-likeness (QED) is 0.921. The van der Waals surface area contributed by atoms with Crippen molar-refractivity contribution in [2.75, 3.05) is 19.7 Å². The first-order chi connectivity index (χ1) is 10.8. The Balaban J connectivity index is 1.47. The number of carbonyl (C=O) groups is 1. The number of nitrogens with zero attached hydrogens (tertiary/aromatic N) is 2. The molecule has 1 saturated heterocycles. The van der Waals surface area contributed by atoms with Gasteiger partial charge in [0.2, 0.25) is 0 Å². The summed E-state index contributed by atoms with van der Waals surface area (Å²) in [5.41, 5.74) is 1.90. The Hall–Kier alpha value is -2.14. The summed E-state index contributed by atoms with van der Waals surface area (Å²) >= 11 is 0. The number of nitrogens with one attached hydrogen (secondary N) is 1. The number of imidazole rings is 1. The van der Waals surface area contributed by atoms with Gasteiger partial charge in [-0.05, 0) is 24.8 Å². The van der Waals surface area contributed by atoms with E-state index in [0.29, 0.717) is 25.4 Å². The number of aromatic nitrogens is 2. The van der Waals surface area contributed by atoms with Crippen molar-refractivity contribution in [3.8, 4) is 0 Å². The Morgan fingerprint density at radius 1 is 1.36 bits per heavy atom. The number of H-pyrrole nitrogens is 1. The van der Waals surface area contributed by atoms with Crippen LogP contribution in [-0.4, -0.2) is 46.6 Å². The van der Waals surface area contributed by atoms with Crippen molar-refractivity contribution in [3.63, 3.8) is 0 Å². The predicted octanol–water partition coefficient (Wildman–Crippen LogP) is 2.27. The predicted molar refractivity (Wildman–Crippen MR) is 83.6 cm³/mol. The Morgan fingerprint density at radius 2 is 2.23 bits per heavy atom. The van der Waals surface area contributed by atoms with E-state index in [0.717, 1.165) is 19.3 Å². The Morgan fingerprint density at radius 3 is 3.00 bits per heavy atom. The summed E-state index contributed by atoms with van der Waals surface area (Å²) in [6, 6.07) is 10.5. The molecule has 3 rings (SSSR count). The van der Waals surface area contributed by atoms with Crippen LogP contribution in [0.4, 0.5) is 0 Å². The van der Waals surface area contributed by atoms with E-state index < -0.39 is 0 Å². The molecule has 1 fully saturated rings. The summed E-state index contributed by atoms with van der Waals surface area (Å²) in [6.45, 7) is 1.91. The van der Waals surface area contributed by atoms with Crippen molar-refractivity contribution >= 4 is 5.91 Å². The zero-order valence-corrected chi connectivity index (χ0v) is 12.6. The lowest BCUT2D eigenvalue weighted by molar-refractivity contribution is -0.0256. The van der Waals surface area contributed by atoms with E-state index >= 15 is 0 Å². The summed E-state index contributed by atoms with van der Waals surface area (Å²) < 4.78 is 5.79.